The Morgan fingerprint density at radius 2 is 1.92 bits per heavy atom. The number of carbonyl (C=O) groups excluding carboxylic acids is 1. The van der Waals surface area contributed by atoms with Crippen LogP contribution in [0.5, 0.6) is 0 Å². The first-order valence-electron chi connectivity index (χ1n) is 8.09. The Labute approximate surface area is 137 Å². The van der Waals surface area contributed by atoms with E-state index in [2.05, 4.69) is 10.00 Å². The van der Waals surface area contributed by atoms with Crippen LogP contribution in [0.2, 0.25) is 0 Å². The molecule has 6 nitrogen and oxygen atoms in total. The molecule has 0 bridgehead atoms. The molecule has 0 unspecified atom stereocenters. The molecule has 1 aliphatic heterocycles. The molecule has 1 N–H and O–H groups in total. The van der Waals surface area contributed by atoms with Crippen molar-refractivity contribution < 1.29 is 23.1 Å². The minimum absolute atomic E-state index is 0.103. The van der Waals surface area contributed by atoms with Crippen molar-refractivity contribution in [2.75, 3.05) is 26.2 Å². The van der Waals surface area contributed by atoms with Gasteiger partial charge in [0, 0.05) is 45.5 Å². The van der Waals surface area contributed by atoms with E-state index >= 15 is 0 Å². The average Bonchev–Trinajstić information content (AvgIpc) is 3.12. The van der Waals surface area contributed by atoms with E-state index in [1.165, 1.54) is 11.9 Å². The van der Waals surface area contributed by atoms with Gasteiger partial charge >= 0.3 is 6.18 Å². The van der Waals surface area contributed by atoms with Gasteiger partial charge in [0.15, 0.2) is 5.69 Å². The molecule has 2 aliphatic rings. The van der Waals surface area contributed by atoms with Crippen LogP contribution in [0.4, 0.5) is 13.2 Å². The molecule has 0 aromatic carbocycles. The molecular formula is C15H21F3N4O2. The number of amides is 1. The Balaban J connectivity index is 1.68. The summed E-state index contributed by atoms with van der Waals surface area (Å²) in [6, 6.07) is 0.103. The summed E-state index contributed by atoms with van der Waals surface area (Å²) in [5, 5.41) is 13.4. The highest BCUT2D eigenvalue weighted by molar-refractivity contribution is 5.95. The zero-order chi connectivity index (χ0) is 17.5. The topological polar surface area (TPSA) is 61.6 Å². The average molecular weight is 346 g/mol. The van der Waals surface area contributed by atoms with E-state index in [1.54, 1.807) is 0 Å². The fourth-order valence-corrected chi connectivity index (χ4v) is 3.63. The van der Waals surface area contributed by atoms with Crippen LogP contribution < -0.4 is 0 Å². The van der Waals surface area contributed by atoms with Crippen LogP contribution in [0.1, 0.15) is 35.3 Å². The zero-order valence-electron chi connectivity index (χ0n) is 13.5. The van der Waals surface area contributed by atoms with Crippen molar-refractivity contribution in [3.63, 3.8) is 0 Å². The van der Waals surface area contributed by atoms with Crippen molar-refractivity contribution >= 4 is 5.91 Å². The molecule has 0 radical (unpaired) electrons. The van der Waals surface area contributed by atoms with E-state index in [4.69, 9.17) is 0 Å². The Morgan fingerprint density at radius 3 is 2.46 bits per heavy atom. The summed E-state index contributed by atoms with van der Waals surface area (Å²) in [4.78, 5) is 16.0. The minimum Gasteiger partial charge on any atom is -0.391 e. The second-order valence-electron chi connectivity index (χ2n) is 6.46. The third kappa shape index (κ3) is 3.27. The van der Waals surface area contributed by atoms with Crippen LogP contribution in [0.15, 0.2) is 6.20 Å². The summed E-state index contributed by atoms with van der Waals surface area (Å²) in [5.41, 5.74) is -1.54. The minimum atomic E-state index is -4.65. The summed E-state index contributed by atoms with van der Waals surface area (Å²) in [5.74, 6) is -0.637. The van der Waals surface area contributed by atoms with Crippen LogP contribution in [0.3, 0.4) is 0 Å². The molecule has 2 atom stereocenters. The van der Waals surface area contributed by atoms with Crippen LogP contribution in [-0.4, -0.2) is 68.9 Å². The van der Waals surface area contributed by atoms with Crippen molar-refractivity contribution in [3.8, 4) is 0 Å². The number of hydrogen-bond donors (Lipinski definition) is 1. The Morgan fingerprint density at radius 1 is 1.25 bits per heavy atom. The SMILES string of the molecule is Cn1cc(C(=O)N2CCN([C@@H]3CCC[C@H]3O)CC2)c(C(F)(F)F)n1. The summed E-state index contributed by atoms with van der Waals surface area (Å²) in [7, 11) is 1.37. The summed E-state index contributed by atoms with van der Waals surface area (Å²) in [6.07, 6.45) is -1.18. The Kier molecular flexibility index (Phi) is 4.56. The highest BCUT2D eigenvalue weighted by atomic mass is 19.4. The van der Waals surface area contributed by atoms with Crippen molar-refractivity contribution in [1.82, 2.24) is 19.6 Å². The number of rotatable bonds is 2. The van der Waals surface area contributed by atoms with Crippen molar-refractivity contribution in [1.29, 1.82) is 0 Å². The monoisotopic (exact) mass is 346 g/mol. The maximum atomic E-state index is 13.0. The fourth-order valence-electron chi connectivity index (χ4n) is 3.63. The van der Waals surface area contributed by atoms with Gasteiger partial charge < -0.3 is 10.0 Å². The van der Waals surface area contributed by atoms with Crippen molar-refractivity contribution in [2.24, 2.45) is 7.05 Å². The van der Waals surface area contributed by atoms with E-state index < -0.39 is 23.3 Å². The zero-order valence-corrected chi connectivity index (χ0v) is 13.5. The number of aromatic nitrogens is 2. The molecule has 2 fully saturated rings. The van der Waals surface area contributed by atoms with Crippen molar-refractivity contribution in [2.45, 2.75) is 37.6 Å². The molecule has 1 saturated heterocycles. The van der Waals surface area contributed by atoms with E-state index in [0.29, 0.717) is 26.2 Å². The van der Waals surface area contributed by atoms with Gasteiger partial charge in [0.25, 0.3) is 5.91 Å². The fraction of sp³-hybridized carbons (Fsp3) is 0.733. The maximum Gasteiger partial charge on any atom is 0.435 e. The van der Waals surface area contributed by atoms with Gasteiger partial charge in [0.05, 0.1) is 11.7 Å². The number of aliphatic hydroxyl groups is 1. The lowest BCUT2D eigenvalue weighted by Gasteiger charge is -2.39. The van der Waals surface area contributed by atoms with Gasteiger partial charge in [0.1, 0.15) is 0 Å². The molecule has 134 valence electrons. The number of aliphatic hydroxyl groups excluding tert-OH is 1. The predicted molar refractivity (Wildman–Crippen MR) is 79.3 cm³/mol. The van der Waals surface area contributed by atoms with Gasteiger partial charge in [-0.05, 0) is 19.3 Å². The second-order valence-corrected chi connectivity index (χ2v) is 6.46. The molecule has 1 aromatic rings. The third-order valence-electron chi connectivity index (χ3n) is 4.84. The maximum absolute atomic E-state index is 13.0. The van der Waals surface area contributed by atoms with Gasteiger partial charge in [0.2, 0.25) is 0 Å². The van der Waals surface area contributed by atoms with Crippen LogP contribution in [0, 0.1) is 0 Å². The molecule has 1 amide bonds. The molecule has 24 heavy (non-hydrogen) atoms. The largest absolute Gasteiger partial charge is 0.435 e. The van der Waals surface area contributed by atoms with E-state index in [0.717, 1.165) is 30.1 Å². The number of hydrogen-bond acceptors (Lipinski definition) is 4. The first-order chi connectivity index (χ1) is 11.3. The molecule has 2 heterocycles. The Bertz CT molecular complexity index is 608. The number of halogens is 3. The van der Waals surface area contributed by atoms with Crippen LogP contribution >= 0.6 is 0 Å². The van der Waals surface area contributed by atoms with Gasteiger partial charge in [-0.25, -0.2) is 0 Å². The smallest absolute Gasteiger partial charge is 0.391 e. The quantitative estimate of drug-likeness (QED) is 0.872. The number of aryl methyl sites for hydroxylation is 1. The molecule has 3 rings (SSSR count). The number of nitrogens with zero attached hydrogens (tertiary/aromatic N) is 4. The van der Waals surface area contributed by atoms with Gasteiger partial charge in [-0.2, -0.15) is 18.3 Å². The van der Waals surface area contributed by atoms with Gasteiger partial charge in [-0.1, -0.05) is 0 Å². The number of alkyl halides is 3. The molecule has 1 aliphatic carbocycles. The molecule has 0 spiro atoms. The summed E-state index contributed by atoms with van der Waals surface area (Å²) in [6.45, 7) is 1.84. The normalized spacial score (nSPS) is 26.1. The number of carbonyl (C=O) groups is 1. The molecule has 9 heteroatoms. The molecular weight excluding hydrogens is 325 g/mol. The standard InChI is InChI=1S/C15H21F3N4O2/c1-20-9-10(13(19-20)15(16,17)18)14(24)22-7-5-21(6-8-22)11-3-2-4-12(11)23/h9,11-12,23H,2-8H2,1H3/t11-,12-/m1/s1. The first kappa shape index (κ1) is 17.2. The van der Waals surface area contributed by atoms with E-state index in [1.807, 2.05) is 0 Å². The van der Waals surface area contributed by atoms with E-state index in [-0.39, 0.29) is 12.1 Å². The molecule has 1 saturated carbocycles. The van der Waals surface area contributed by atoms with Gasteiger partial charge in [-0.15, -0.1) is 0 Å². The highest BCUT2D eigenvalue weighted by Crippen LogP contribution is 2.31. The van der Waals surface area contributed by atoms with E-state index in [9.17, 15) is 23.1 Å². The predicted octanol–water partition coefficient (Wildman–Crippen LogP) is 1.11. The highest BCUT2D eigenvalue weighted by Gasteiger charge is 2.40. The summed E-state index contributed by atoms with van der Waals surface area (Å²) < 4.78 is 40.1. The Hall–Kier alpha value is -1.61. The van der Waals surface area contributed by atoms with Crippen LogP contribution in [-0.2, 0) is 13.2 Å². The lowest BCUT2D eigenvalue weighted by molar-refractivity contribution is -0.141. The third-order valence-corrected chi connectivity index (χ3v) is 4.84. The first-order valence-corrected chi connectivity index (χ1v) is 8.09. The second kappa shape index (κ2) is 6.36. The van der Waals surface area contributed by atoms with Gasteiger partial charge in [-0.3, -0.25) is 14.4 Å². The lowest BCUT2D eigenvalue weighted by Crippen LogP contribution is -2.53. The van der Waals surface area contributed by atoms with Crippen molar-refractivity contribution in [3.05, 3.63) is 17.5 Å². The number of piperazine rings is 1. The molecule has 1 aromatic heterocycles. The summed E-state index contributed by atoms with van der Waals surface area (Å²) >= 11 is 0. The lowest BCUT2D eigenvalue weighted by atomic mass is 10.1. The van der Waals surface area contributed by atoms with Crippen LogP contribution in [0.25, 0.3) is 0 Å².